The molecule has 0 aliphatic heterocycles. The number of hydrogen-bond acceptors (Lipinski definition) is 5. The molecule has 0 radical (unpaired) electrons. The molecule has 0 spiro atoms. The van der Waals surface area contributed by atoms with Crippen molar-refractivity contribution in [3.05, 3.63) is 16.8 Å². The van der Waals surface area contributed by atoms with Crippen molar-refractivity contribution >= 4 is 22.6 Å². The third-order valence-electron chi connectivity index (χ3n) is 2.96. The standard InChI is InChI=1S/C13H21N3O3S/c1-4-9-10(5-2)15-16-12(11(9)13(17)18)14-7-6-8-20(3)19/h4-8H2,1-3H3,(H,14,16)(H,17,18). The predicted molar refractivity (Wildman–Crippen MR) is 79.8 cm³/mol. The van der Waals surface area contributed by atoms with Gasteiger partial charge in [-0.3, -0.25) is 4.21 Å². The van der Waals surface area contributed by atoms with Gasteiger partial charge in [0.15, 0.2) is 5.82 Å². The van der Waals surface area contributed by atoms with E-state index in [1.54, 1.807) is 6.26 Å². The van der Waals surface area contributed by atoms with Crippen LogP contribution in [0.4, 0.5) is 5.82 Å². The largest absolute Gasteiger partial charge is 0.478 e. The molecule has 0 saturated heterocycles. The van der Waals surface area contributed by atoms with Crippen molar-refractivity contribution < 1.29 is 14.1 Å². The Balaban J connectivity index is 2.95. The second-order valence-electron chi connectivity index (χ2n) is 4.42. The van der Waals surface area contributed by atoms with Crippen LogP contribution in [0.1, 0.15) is 41.9 Å². The molecule has 20 heavy (non-hydrogen) atoms. The Morgan fingerprint density at radius 3 is 2.50 bits per heavy atom. The number of hydrogen-bond donors (Lipinski definition) is 2. The van der Waals surface area contributed by atoms with Crippen LogP contribution in [0.15, 0.2) is 0 Å². The molecule has 7 heteroatoms. The number of rotatable bonds is 8. The van der Waals surface area contributed by atoms with Gasteiger partial charge in [-0.25, -0.2) is 4.79 Å². The summed E-state index contributed by atoms with van der Waals surface area (Å²) in [5, 5.41) is 20.4. The van der Waals surface area contributed by atoms with E-state index in [1.807, 2.05) is 13.8 Å². The molecule has 0 saturated carbocycles. The highest BCUT2D eigenvalue weighted by Gasteiger charge is 2.19. The smallest absolute Gasteiger partial charge is 0.339 e. The van der Waals surface area contributed by atoms with Crippen LogP contribution in [0.5, 0.6) is 0 Å². The summed E-state index contributed by atoms with van der Waals surface area (Å²) >= 11 is 0. The van der Waals surface area contributed by atoms with Gasteiger partial charge >= 0.3 is 5.97 Å². The van der Waals surface area contributed by atoms with E-state index in [9.17, 15) is 14.1 Å². The van der Waals surface area contributed by atoms with Crippen LogP contribution in [0.25, 0.3) is 0 Å². The fourth-order valence-corrected chi connectivity index (χ4v) is 2.56. The highest BCUT2D eigenvalue weighted by Crippen LogP contribution is 2.20. The van der Waals surface area contributed by atoms with Gasteiger partial charge in [-0.2, -0.15) is 5.10 Å². The molecule has 112 valence electrons. The first kappa shape index (κ1) is 16.6. The Hall–Kier alpha value is -1.50. The Bertz CT molecular complexity index is 506. The first-order valence-corrected chi connectivity index (χ1v) is 8.39. The molecular weight excluding hydrogens is 278 g/mol. The van der Waals surface area contributed by atoms with Crippen LogP contribution in [-0.2, 0) is 23.6 Å². The number of aryl methyl sites for hydroxylation is 1. The van der Waals surface area contributed by atoms with Crippen molar-refractivity contribution in [1.82, 2.24) is 10.2 Å². The van der Waals surface area contributed by atoms with Crippen LogP contribution < -0.4 is 5.32 Å². The summed E-state index contributed by atoms with van der Waals surface area (Å²) in [6, 6.07) is 0. The van der Waals surface area contributed by atoms with Gasteiger partial charge in [0.05, 0.1) is 5.69 Å². The highest BCUT2D eigenvalue weighted by atomic mass is 32.2. The molecular formula is C13H21N3O3S. The maximum Gasteiger partial charge on any atom is 0.339 e. The lowest BCUT2D eigenvalue weighted by atomic mass is 10.0. The Morgan fingerprint density at radius 1 is 1.30 bits per heavy atom. The van der Waals surface area contributed by atoms with Gasteiger partial charge in [-0.05, 0) is 24.8 Å². The minimum Gasteiger partial charge on any atom is -0.478 e. The van der Waals surface area contributed by atoms with E-state index in [4.69, 9.17) is 0 Å². The Labute approximate surface area is 121 Å². The molecule has 2 N–H and O–H groups in total. The van der Waals surface area contributed by atoms with Gasteiger partial charge in [0.1, 0.15) is 5.56 Å². The van der Waals surface area contributed by atoms with E-state index in [0.717, 1.165) is 11.3 Å². The number of nitrogens with zero attached hydrogens (tertiary/aromatic N) is 2. The summed E-state index contributed by atoms with van der Waals surface area (Å²) in [5.41, 5.74) is 1.67. The molecule has 1 rings (SSSR count). The maximum absolute atomic E-state index is 11.5. The molecule has 0 aliphatic rings. The van der Waals surface area contributed by atoms with Gasteiger partial charge in [0, 0.05) is 29.4 Å². The first-order valence-electron chi connectivity index (χ1n) is 6.66. The second-order valence-corrected chi connectivity index (χ2v) is 5.97. The van der Waals surface area contributed by atoms with Crippen molar-refractivity contribution in [2.75, 3.05) is 23.9 Å². The van der Waals surface area contributed by atoms with Crippen molar-refractivity contribution in [2.45, 2.75) is 33.1 Å². The number of carbonyl (C=O) groups is 1. The average Bonchev–Trinajstić information content (AvgIpc) is 2.41. The zero-order valence-electron chi connectivity index (χ0n) is 12.1. The third kappa shape index (κ3) is 4.26. The summed E-state index contributed by atoms with van der Waals surface area (Å²) in [6.45, 7) is 4.37. The number of carboxylic acid groups (broad SMARTS) is 1. The average molecular weight is 299 g/mol. The molecule has 1 aromatic heterocycles. The van der Waals surface area contributed by atoms with E-state index < -0.39 is 16.8 Å². The normalized spacial score (nSPS) is 12.2. The number of aromatic carboxylic acids is 1. The summed E-state index contributed by atoms with van der Waals surface area (Å²) in [4.78, 5) is 11.5. The predicted octanol–water partition coefficient (Wildman–Crippen LogP) is 1.48. The molecule has 6 nitrogen and oxygen atoms in total. The van der Waals surface area contributed by atoms with E-state index in [1.165, 1.54) is 0 Å². The summed E-state index contributed by atoms with van der Waals surface area (Å²) < 4.78 is 11.0. The van der Waals surface area contributed by atoms with E-state index >= 15 is 0 Å². The molecule has 0 fully saturated rings. The molecule has 1 heterocycles. The zero-order valence-corrected chi connectivity index (χ0v) is 12.9. The van der Waals surface area contributed by atoms with Gasteiger partial charge in [-0.1, -0.05) is 13.8 Å². The quantitative estimate of drug-likeness (QED) is 0.706. The number of aromatic nitrogens is 2. The number of carboxylic acids is 1. The summed E-state index contributed by atoms with van der Waals surface area (Å²) in [6.07, 6.45) is 3.61. The van der Waals surface area contributed by atoms with E-state index in [0.29, 0.717) is 37.4 Å². The van der Waals surface area contributed by atoms with Gasteiger partial charge in [0.25, 0.3) is 0 Å². The van der Waals surface area contributed by atoms with Crippen molar-refractivity contribution in [1.29, 1.82) is 0 Å². The molecule has 1 atom stereocenters. The summed E-state index contributed by atoms with van der Waals surface area (Å²) in [7, 11) is -0.841. The van der Waals surface area contributed by atoms with Crippen LogP contribution in [-0.4, -0.2) is 44.0 Å². The monoisotopic (exact) mass is 299 g/mol. The lowest BCUT2D eigenvalue weighted by molar-refractivity contribution is 0.0696. The molecule has 1 aromatic rings. The zero-order chi connectivity index (χ0) is 15.1. The van der Waals surface area contributed by atoms with Crippen LogP contribution >= 0.6 is 0 Å². The van der Waals surface area contributed by atoms with E-state index in [2.05, 4.69) is 15.5 Å². The fourth-order valence-electron chi connectivity index (χ4n) is 2.01. The van der Waals surface area contributed by atoms with Crippen molar-refractivity contribution in [3.63, 3.8) is 0 Å². The lowest BCUT2D eigenvalue weighted by Gasteiger charge is -2.13. The van der Waals surface area contributed by atoms with Crippen LogP contribution in [0, 0.1) is 0 Å². The second kappa shape index (κ2) is 7.94. The van der Waals surface area contributed by atoms with Crippen LogP contribution in [0.2, 0.25) is 0 Å². The maximum atomic E-state index is 11.5. The highest BCUT2D eigenvalue weighted by molar-refractivity contribution is 7.84. The van der Waals surface area contributed by atoms with Gasteiger partial charge in [0.2, 0.25) is 0 Å². The SMILES string of the molecule is CCc1nnc(NCCCS(C)=O)c(C(=O)O)c1CC. The number of anilines is 1. The molecule has 0 aliphatic carbocycles. The molecule has 0 aromatic carbocycles. The minimum absolute atomic E-state index is 0.206. The topological polar surface area (TPSA) is 92.2 Å². The fraction of sp³-hybridized carbons (Fsp3) is 0.615. The van der Waals surface area contributed by atoms with Gasteiger partial charge < -0.3 is 10.4 Å². The summed E-state index contributed by atoms with van der Waals surface area (Å²) in [5.74, 6) is -0.113. The lowest BCUT2D eigenvalue weighted by Crippen LogP contribution is -2.16. The number of nitrogens with one attached hydrogen (secondary N) is 1. The van der Waals surface area contributed by atoms with Gasteiger partial charge in [-0.15, -0.1) is 5.10 Å². The Kier molecular flexibility index (Phi) is 6.57. The van der Waals surface area contributed by atoms with Crippen molar-refractivity contribution in [3.8, 4) is 0 Å². The molecule has 1 unspecified atom stereocenters. The van der Waals surface area contributed by atoms with Crippen molar-refractivity contribution in [2.24, 2.45) is 0 Å². The minimum atomic E-state index is -0.993. The first-order chi connectivity index (χ1) is 9.51. The molecule has 0 bridgehead atoms. The van der Waals surface area contributed by atoms with E-state index in [-0.39, 0.29) is 5.56 Å². The molecule has 0 amide bonds. The third-order valence-corrected chi connectivity index (χ3v) is 3.82. The Morgan fingerprint density at radius 2 is 2.00 bits per heavy atom. The van der Waals surface area contributed by atoms with Crippen LogP contribution in [0.3, 0.4) is 0 Å².